The molecule has 3 aromatic heterocycles. The van der Waals surface area contributed by atoms with E-state index in [0.717, 1.165) is 44.5 Å². The number of rotatable bonds is 4. The van der Waals surface area contributed by atoms with Crippen LogP contribution in [0.4, 0.5) is 0 Å². The second-order valence-corrected chi connectivity index (χ2v) is 7.33. The number of aliphatic hydroxyl groups excluding tert-OH is 1. The molecule has 154 valence electrons. The van der Waals surface area contributed by atoms with Crippen LogP contribution in [0.1, 0.15) is 11.3 Å². The van der Waals surface area contributed by atoms with Gasteiger partial charge in [0.1, 0.15) is 11.4 Å². The smallest absolute Gasteiger partial charge is 0.114 e. The predicted molar refractivity (Wildman–Crippen MR) is 126 cm³/mol. The molecule has 3 heterocycles. The van der Waals surface area contributed by atoms with Crippen molar-refractivity contribution in [3.63, 3.8) is 0 Å². The summed E-state index contributed by atoms with van der Waals surface area (Å²) in [5.74, 6) is 6.35. The zero-order valence-corrected chi connectivity index (χ0v) is 17.3. The molecule has 2 aromatic carbocycles. The van der Waals surface area contributed by atoms with Crippen molar-refractivity contribution in [2.24, 2.45) is 0 Å². The van der Waals surface area contributed by atoms with Gasteiger partial charge in [-0.05, 0) is 47.9 Å². The van der Waals surface area contributed by atoms with Crippen molar-refractivity contribution in [3.8, 4) is 34.2 Å². The second kappa shape index (κ2) is 8.84. The summed E-state index contributed by atoms with van der Waals surface area (Å²) < 4.78 is 1.77. The number of aliphatic hydroxyl groups is 1. The van der Waals surface area contributed by atoms with E-state index in [4.69, 9.17) is 0 Å². The van der Waals surface area contributed by atoms with Gasteiger partial charge in [-0.15, -0.1) is 0 Å². The standard InChI is InChI=1S/C27H20N4O/c32-18-17-31-19-25(21-13-15-28-16-14-21)27(30-31)23-8-5-20(6-9-23)7-11-24-12-10-22-3-1-2-4-26(22)29-24/h1-6,8-10,12-16,19,32H,17-18H2. The lowest BCUT2D eigenvalue weighted by Gasteiger charge is -2.03. The van der Waals surface area contributed by atoms with Gasteiger partial charge in [-0.3, -0.25) is 9.67 Å². The fraction of sp³-hybridized carbons (Fsp3) is 0.0741. The summed E-state index contributed by atoms with van der Waals surface area (Å²) in [5, 5.41) is 15.1. The van der Waals surface area contributed by atoms with Crippen LogP contribution in [0.3, 0.4) is 0 Å². The summed E-state index contributed by atoms with van der Waals surface area (Å²) in [6, 6.07) is 23.9. The van der Waals surface area contributed by atoms with Crippen LogP contribution >= 0.6 is 0 Å². The van der Waals surface area contributed by atoms with Crippen LogP contribution in [0.5, 0.6) is 0 Å². The molecule has 0 unspecified atom stereocenters. The van der Waals surface area contributed by atoms with E-state index in [0.29, 0.717) is 6.54 Å². The van der Waals surface area contributed by atoms with Gasteiger partial charge in [0.15, 0.2) is 0 Å². The lowest BCUT2D eigenvalue weighted by atomic mass is 10.0. The fourth-order valence-electron chi connectivity index (χ4n) is 3.58. The summed E-state index contributed by atoms with van der Waals surface area (Å²) in [6.07, 6.45) is 5.49. The first-order valence-corrected chi connectivity index (χ1v) is 10.4. The molecule has 0 fully saturated rings. The van der Waals surface area contributed by atoms with E-state index in [1.807, 2.05) is 79.0 Å². The van der Waals surface area contributed by atoms with Gasteiger partial charge in [-0.1, -0.05) is 42.3 Å². The zero-order chi connectivity index (χ0) is 21.8. The molecular formula is C27H20N4O. The highest BCUT2D eigenvalue weighted by Crippen LogP contribution is 2.30. The highest BCUT2D eigenvalue weighted by atomic mass is 16.3. The van der Waals surface area contributed by atoms with Crippen molar-refractivity contribution in [2.45, 2.75) is 6.54 Å². The fourth-order valence-corrected chi connectivity index (χ4v) is 3.58. The van der Waals surface area contributed by atoms with Crippen LogP contribution in [0.2, 0.25) is 0 Å². The molecule has 0 radical (unpaired) electrons. The van der Waals surface area contributed by atoms with Gasteiger partial charge in [0.25, 0.3) is 0 Å². The molecule has 5 nitrogen and oxygen atoms in total. The van der Waals surface area contributed by atoms with Gasteiger partial charge in [-0.25, -0.2) is 4.98 Å². The minimum Gasteiger partial charge on any atom is -0.394 e. The Morgan fingerprint density at radius 2 is 1.62 bits per heavy atom. The third-order valence-electron chi connectivity index (χ3n) is 5.17. The number of fused-ring (bicyclic) bond motifs is 1. The van der Waals surface area contributed by atoms with E-state index >= 15 is 0 Å². The SMILES string of the molecule is OCCn1cc(-c2ccncc2)c(-c2ccc(C#Cc3ccc4ccccc4n3)cc2)n1. The highest BCUT2D eigenvalue weighted by Gasteiger charge is 2.13. The minimum absolute atomic E-state index is 0.0360. The average Bonchev–Trinajstić information content (AvgIpc) is 3.28. The van der Waals surface area contributed by atoms with Crippen LogP contribution in [-0.2, 0) is 6.54 Å². The zero-order valence-electron chi connectivity index (χ0n) is 17.3. The van der Waals surface area contributed by atoms with Crippen molar-refractivity contribution in [1.82, 2.24) is 19.7 Å². The Labute approximate surface area is 186 Å². The molecular weight excluding hydrogens is 396 g/mol. The van der Waals surface area contributed by atoms with Crippen molar-refractivity contribution in [3.05, 3.63) is 103 Å². The van der Waals surface area contributed by atoms with E-state index in [-0.39, 0.29) is 6.61 Å². The predicted octanol–water partition coefficient (Wildman–Crippen LogP) is 4.55. The maximum absolute atomic E-state index is 9.32. The van der Waals surface area contributed by atoms with E-state index in [2.05, 4.69) is 26.9 Å². The number of nitrogens with zero attached hydrogens (tertiary/aromatic N) is 4. The molecule has 32 heavy (non-hydrogen) atoms. The van der Waals surface area contributed by atoms with Crippen LogP contribution < -0.4 is 0 Å². The Kier molecular flexibility index (Phi) is 5.44. The molecule has 0 saturated heterocycles. The molecule has 1 N–H and O–H groups in total. The minimum atomic E-state index is 0.0360. The second-order valence-electron chi connectivity index (χ2n) is 7.33. The lowest BCUT2D eigenvalue weighted by molar-refractivity contribution is 0.269. The van der Waals surface area contributed by atoms with Crippen LogP contribution in [0, 0.1) is 11.8 Å². The van der Waals surface area contributed by atoms with Crippen molar-refractivity contribution < 1.29 is 5.11 Å². The summed E-state index contributed by atoms with van der Waals surface area (Å²) in [6.45, 7) is 0.481. The Balaban J connectivity index is 1.44. The molecule has 5 heteroatoms. The maximum atomic E-state index is 9.32. The third-order valence-corrected chi connectivity index (χ3v) is 5.17. The Hall–Kier alpha value is -4.27. The largest absolute Gasteiger partial charge is 0.394 e. The number of pyridine rings is 2. The normalized spacial score (nSPS) is 10.7. The van der Waals surface area contributed by atoms with Crippen molar-refractivity contribution >= 4 is 10.9 Å². The van der Waals surface area contributed by atoms with E-state index < -0.39 is 0 Å². The highest BCUT2D eigenvalue weighted by molar-refractivity contribution is 5.81. The van der Waals surface area contributed by atoms with E-state index in [1.54, 1.807) is 17.1 Å². The van der Waals surface area contributed by atoms with Gasteiger partial charge in [-0.2, -0.15) is 5.10 Å². The molecule has 0 bridgehead atoms. The molecule has 0 spiro atoms. The van der Waals surface area contributed by atoms with Gasteiger partial charge in [0.05, 0.1) is 18.7 Å². The van der Waals surface area contributed by atoms with E-state index in [9.17, 15) is 5.11 Å². The Morgan fingerprint density at radius 1 is 0.812 bits per heavy atom. The van der Waals surface area contributed by atoms with E-state index in [1.165, 1.54) is 0 Å². The summed E-state index contributed by atoms with van der Waals surface area (Å²) in [5.41, 5.74) is 6.48. The monoisotopic (exact) mass is 416 g/mol. The molecule has 0 amide bonds. The number of benzene rings is 2. The topological polar surface area (TPSA) is 63.8 Å². The average molecular weight is 416 g/mol. The van der Waals surface area contributed by atoms with Crippen molar-refractivity contribution in [2.75, 3.05) is 6.61 Å². The number of hydrogen-bond donors (Lipinski definition) is 1. The quantitative estimate of drug-likeness (QED) is 0.437. The van der Waals surface area contributed by atoms with Crippen LogP contribution in [-0.4, -0.2) is 31.5 Å². The third kappa shape index (κ3) is 4.13. The van der Waals surface area contributed by atoms with Gasteiger partial charge < -0.3 is 5.11 Å². The first kappa shape index (κ1) is 19.7. The van der Waals surface area contributed by atoms with Gasteiger partial charge >= 0.3 is 0 Å². The number of para-hydroxylation sites is 1. The molecule has 5 rings (SSSR count). The number of hydrogen-bond acceptors (Lipinski definition) is 4. The van der Waals surface area contributed by atoms with Crippen LogP contribution in [0.15, 0.2) is 91.4 Å². The molecule has 5 aromatic rings. The van der Waals surface area contributed by atoms with Gasteiger partial charge in [0, 0.05) is 40.7 Å². The van der Waals surface area contributed by atoms with Crippen LogP contribution in [0.25, 0.3) is 33.3 Å². The van der Waals surface area contributed by atoms with Crippen molar-refractivity contribution in [1.29, 1.82) is 0 Å². The summed E-state index contributed by atoms with van der Waals surface area (Å²) in [4.78, 5) is 8.71. The van der Waals surface area contributed by atoms with Gasteiger partial charge in [0.2, 0.25) is 0 Å². The molecule has 0 atom stereocenters. The Morgan fingerprint density at radius 3 is 2.44 bits per heavy atom. The Bertz CT molecular complexity index is 1430. The summed E-state index contributed by atoms with van der Waals surface area (Å²) in [7, 11) is 0. The summed E-state index contributed by atoms with van der Waals surface area (Å²) >= 11 is 0. The first-order chi connectivity index (χ1) is 15.8. The molecule has 0 saturated carbocycles. The maximum Gasteiger partial charge on any atom is 0.114 e. The molecule has 0 aliphatic heterocycles. The first-order valence-electron chi connectivity index (χ1n) is 10.4. The molecule has 0 aliphatic rings. The number of aromatic nitrogens is 4. The molecule has 0 aliphatic carbocycles. The lowest BCUT2D eigenvalue weighted by Crippen LogP contribution is -2.02.